The Morgan fingerprint density at radius 3 is 2.85 bits per heavy atom. The molecule has 1 aliphatic carbocycles. The lowest BCUT2D eigenvalue weighted by atomic mass is 9.82. The van der Waals surface area contributed by atoms with E-state index in [2.05, 4.69) is 15.9 Å². The Balaban J connectivity index is 2.00. The number of fused-ring (bicyclic) bond motifs is 1. The van der Waals surface area contributed by atoms with Crippen LogP contribution in [0.5, 0.6) is 0 Å². The van der Waals surface area contributed by atoms with Crippen molar-refractivity contribution in [2.75, 3.05) is 13.2 Å². The summed E-state index contributed by atoms with van der Waals surface area (Å²) in [6.07, 6.45) is -0.676. The predicted molar refractivity (Wildman–Crippen MR) is 49.7 cm³/mol. The maximum absolute atomic E-state index is 11.3. The van der Waals surface area contributed by atoms with Gasteiger partial charge in [0.25, 0.3) is 0 Å². The molecular formula is C8H12BrNO3. The summed E-state index contributed by atoms with van der Waals surface area (Å²) < 4.78 is 4.87. The second-order valence-corrected chi connectivity index (χ2v) is 4.50. The molecule has 1 saturated carbocycles. The molecule has 0 aromatic heterocycles. The molecule has 0 aromatic carbocycles. The van der Waals surface area contributed by atoms with Crippen LogP contribution in [0.15, 0.2) is 0 Å². The highest BCUT2D eigenvalue weighted by Gasteiger charge is 2.60. The van der Waals surface area contributed by atoms with E-state index in [0.29, 0.717) is 13.2 Å². The summed E-state index contributed by atoms with van der Waals surface area (Å²) in [6, 6.07) is -0.0796. The number of hydrogen-bond acceptors (Lipinski definition) is 3. The van der Waals surface area contributed by atoms with Crippen LogP contribution in [0, 0.1) is 5.92 Å². The molecule has 0 aromatic rings. The van der Waals surface area contributed by atoms with Crippen LogP contribution in [0.3, 0.4) is 0 Å². The van der Waals surface area contributed by atoms with Crippen LogP contribution in [-0.2, 0) is 4.74 Å². The van der Waals surface area contributed by atoms with Crippen molar-refractivity contribution in [1.29, 1.82) is 0 Å². The third-order valence-corrected chi connectivity index (χ3v) is 4.01. The van der Waals surface area contributed by atoms with Gasteiger partial charge in [-0.05, 0) is 6.92 Å². The highest BCUT2D eigenvalue weighted by Crippen LogP contribution is 2.45. The normalized spacial score (nSPS) is 41.6. The molecule has 2 heterocycles. The van der Waals surface area contributed by atoms with Crippen molar-refractivity contribution in [3.63, 3.8) is 0 Å². The number of nitrogens with zero attached hydrogens (tertiary/aromatic N) is 1. The summed E-state index contributed by atoms with van der Waals surface area (Å²) in [5.74, 6) is 0.189. The molecule has 4 nitrogen and oxygen atoms in total. The monoisotopic (exact) mass is 249 g/mol. The molecule has 3 rings (SSSR count). The highest BCUT2D eigenvalue weighted by molar-refractivity contribution is 9.09. The summed E-state index contributed by atoms with van der Waals surface area (Å²) in [5.41, 5.74) is 0. The van der Waals surface area contributed by atoms with Crippen LogP contribution < -0.4 is 0 Å². The molecule has 5 heteroatoms. The molecule has 2 aliphatic heterocycles. The fraction of sp³-hybridized carbons (Fsp3) is 0.875. The van der Waals surface area contributed by atoms with Gasteiger partial charge < -0.3 is 14.7 Å². The number of ether oxygens (including phenoxy) is 1. The second-order valence-electron chi connectivity index (χ2n) is 3.44. The van der Waals surface area contributed by atoms with Gasteiger partial charge in [0.05, 0.1) is 18.8 Å². The van der Waals surface area contributed by atoms with Crippen molar-refractivity contribution in [2.24, 2.45) is 5.92 Å². The molecule has 3 fully saturated rings. The highest BCUT2D eigenvalue weighted by atomic mass is 79.9. The maximum Gasteiger partial charge on any atom is 0.410 e. The molecule has 4 atom stereocenters. The van der Waals surface area contributed by atoms with Crippen LogP contribution in [0.2, 0.25) is 0 Å². The van der Waals surface area contributed by atoms with Crippen LogP contribution in [0.25, 0.3) is 0 Å². The summed E-state index contributed by atoms with van der Waals surface area (Å²) in [7, 11) is 0. The predicted octanol–water partition coefficient (Wildman–Crippen LogP) is 0.581. The van der Waals surface area contributed by atoms with Gasteiger partial charge >= 0.3 is 6.09 Å². The zero-order valence-corrected chi connectivity index (χ0v) is 8.90. The molecule has 0 radical (unpaired) electrons. The van der Waals surface area contributed by atoms with Gasteiger partial charge in [-0.1, -0.05) is 15.9 Å². The molecular weight excluding hydrogens is 238 g/mol. The summed E-state index contributed by atoms with van der Waals surface area (Å²) in [5, 5.41) is 9.53. The summed E-state index contributed by atoms with van der Waals surface area (Å²) in [6.45, 7) is 2.77. The lowest BCUT2D eigenvalue weighted by Gasteiger charge is -2.37. The first kappa shape index (κ1) is 9.27. The molecule has 2 bridgehead atoms. The van der Waals surface area contributed by atoms with Crippen LogP contribution >= 0.6 is 15.9 Å². The van der Waals surface area contributed by atoms with Gasteiger partial charge in [0.2, 0.25) is 0 Å². The molecule has 1 amide bonds. The first-order valence-electron chi connectivity index (χ1n) is 4.42. The zero-order valence-electron chi connectivity index (χ0n) is 7.31. The molecule has 13 heavy (non-hydrogen) atoms. The van der Waals surface area contributed by atoms with E-state index >= 15 is 0 Å². The van der Waals surface area contributed by atoms with Crippen molar-refractivity contribution < 1.29 is 14.6 Å². The standard InChI is InChI=1S/C8H12BrNO3/c1-2-13-8(12)10-3-4-5(9)6(10)7(4)11/h4-7,11H,2-3H2,1H3/t4-,5+,6+,7+/m1/s1. The topological polar surface area (TPSA) is 49.8 Å². The number of aliphatic hydroxyl groups is 1. The average molecular weight is 250 g/mol. The average Bonchev–Trinajstić information content (AvgIpc) is 2.61. The molecule has 0 spiro atoms. The van der Waals surface area contributed by atoms with Crippen molar-refractivity contribution in [3.05, 3.63) is 0 Å². The van der Waals surface area contributed by atoms with Crippen LogP contribution in [-0.4, -0.2) is 46.2 Å². The Morgan fingerprint density at radius 1 is 1.77 bits per heavy atom. The van der Waals surface area contributed by atoms with Crippen molar-refractivity contribution in [2.45, 2.75) is 23.9 Å². The minimum atomic E-state index is -0.367. The van der Waals surface area contributed by atoms with Gasteiger partial charge in [-0.15, -0.1) is 0 Å². The van der Waals surface area contributed by atoms with E-state index in [9.17, 15) is 9.90 Å². The number of carbonyl (C=O) groups is 1. The number of aliphatic hydroxyl groups excluding tert-OH is 1. The van der Waals surface area contributed by atoms with E-state index in [4.69, 9.17) is 4.74 Å². The Kier molecular flexibility index (Phi) is 2.23. The third-order valence-electron chi connectivity index (χ3n) is 2.79. The Bertz CT molecular complexity index is 225. The van der Waals surface area contributed by atoms with E-state index in [1.165, 1.54) is 0 Å². The van der Waals surface area contributed by atoms with Crippen molar-refractivity contribution >= 4 is 22.0 Å². The third kappa shape index (κ3) is 1.17. The van der Waals surface area contributed by atoms with Gasteiger partial charge in [0.15, 0.2) is 0 Å². The zero-order chi connectivity index (χ0) is 9.59. The molecule has 3 aliphatic rings. The van der Waals surface area contributed by atoms with E-state index in [-0.39, 0.29) is 29.0 Å². The first-order valence-corrected chi connectivity index (χ1v) is 5.34. The van der Waals surface area contributed by atoms with Crippen molar-refractivity contribution in [1.82, 2.24) is 4.90 Å². The molecule has 74 valence electrons. The summed E-state index contributed by atoms with van der Waals surface area (Å²) >= 11 is 3.44. The maximum atomic E-state index is 11.3. The van der Waals surface area contributed by atoms with E-state index in [1.807, 2.05) is 0 Å². The Labute approximate surface area is 85.0 Å². The van der Waals surface area contributed by atoms with E-state index < -0.39 is 0 Å². The molecule has 0 unspecified atom stereocenters. The summed E-state index contributed by atoms with van der Waals surface area (Å²) in [4.78, 5) is 13.2. The number of carbonyl (C=O) groups excluding carboxylic acids is 1. The minimum absolute atomic E-state index is 0.0796. The second kappa shape index (κ2) is 3.13. The lowest BCUT2D eigenvalue weighted by molar-refractivity contribution is 0.0271. The number of rotatable bonds is 1. The first-order chi connectivity index (χ1) is 6.16. The minimum Gasteiger partial charge on any atom is -0.450 e. The fourth-order valence-electron chi connectivity index (χ4n) is 2.05. The fourth-order valence-corrected chi connectivity index (χ4v) is 3.13. The van der Waals surface area contributed by atoms with Gasteiger partial charge in [-0.25, -0.2) is 4.79 Å². The number of hydrogen-bond donors (Lipinski definition) is 1. The molecule has 1 N–H and O–H groups in total. The molecule has 2 saturated heterocycles. The smallest absolute Gasteiger partial charge is 0.410 e. The van der Waals surface area contributed by atoms with Crippen molar-refractivity contribution in [3.8, 4) is 0 Å². The van der Waals surface area contributed by atoms with Crippen LogP contribution in [0.1, 0.15) is 6.92 Å². The Morgan fingerprint density at radius 2 is 2.46 bits per heavy atom. The number of alkyl halides is 1. The van der Waals surface area contributed by atoms with E-state index in [1.54, 1.807) is 11.8 Å². The Hall–Kier alpha value is -0.290. The van der Waals surface area contributed by atoms with Gasteiger partial charge in [0, 0.05) is 17.3 Å². The van der Waals surface area contributed by atoms with Crippen LogP contribution in [0.4, 0.5) is 4.79 Å². The van der Waals surface area contributed by atoms with E-state index in [0.717, 1.165) is 0 Å². The number of amides is 1. The largest absolute Gasteiger partial charge is 0.450 e. The van der Waals surface area contributed by atoms with Gasteiger partial charge in [0.1, 0.15) is 0 Å². The quantitative estimate of drug-likeness (QED) is 0.692. The lowest BCUT2D eigenvalue weighted by Crippen LogP contribution is -2.54. The van der Waals surface area contributed by atoms with Gasteiger partial charge in [-0.3, -0.25) is 0 Å². The van der Waals surface area contributed by atoms with Gasteiger partial charge in [-0.2, -0.15) is 0 Å². The SMILES string of the molecule is CCOC(=O)N1C[C@H]2[C@H](O)[C@@H]1[C@H]2Br. The number of halogens is 1.